The van der Waals surface area contributed by atoms with Gasteiger partial charge in [-0.05, 0) is 37.5 Å². The van der Waals surface area contributed by atoms with Gasteiger partial charge in [0.05, 0.1) is 23.0 Å². The van der Waals surface area contributed by atoms with E-state index in [1.807, 2.05) is 19.1 Å². The molecule has 1 saturated heterocycles. The Kier molecular flexibility index (Phi) is 3.43. The van der Waals surface area contributed by atoms with Crippen molar-refractivity contribution in [2.75, 3.05) is 17.2 Å². The fourth-order valence-electron chi connectivity index (χ4n) is 2.90. The fraction of sp³-hybridized carbons (Fsp3) is 0.467. The van der Waals surface area contributed by atoms with Crippen LogP contribution in [0.5, 0.6) is 0 Å². The monoisotopic (exact) mass is 289 g/mol. The van der Waals surface area contributed by atoms with Crippen LogP contribution in [-0.2, 0) is 14.3 Å². The summed E-state index contributed by atoms with van der Waals surface area (Å²) in [5.41, 5.74) is 8.03. The zero-order valence-electron chi connectivity index (χ0n) is 11.9. The van der Waals surface area contributed by atoms with Crippen LogP contribution >= 0.6 is 0 Å². The third-order valence-electron chi connectivity index (χ3n) is 4.18. The van der Waals surface area contributed by atoms with Crippen molar-refractivity contribution < 1.29 is 14.3 Å². The fourth-order valence-corrected chi connectivity index (χ4v) is 2.90. The highest BCUT2D eigenvalue weighted by Gasteiger charge is 2.37. The quantitative estimate of drug-likeness (QED) is 0.720. The molecular formula is C15H19N3O3. The van der Waals surface area contributed by atoms with Crippen LogP contribution in [0.25, 0.3) is 0 Å². The van der Waals surface area contributed by atoms with Gasteiger partial charge in [-0.1, -0.05) is 6.07 Å². The number of nitrogens with two attached hydrogens (primary N) is 1. The number of hydrogen-bond acceptors (Lipinski definition) is 4. The van der Waals surface area contributed by atoms with E-state index in [4.69, 9.17) is 10.5 Å². The molecule has 1 aromatic rings. The molecular weight excluding hydrogens is 270 g/mol. The summed E-state index contributed by atoms with van der Waals surface area (Å²) < 4.78 is 5.78. The van der Waals surface area contributed by atoms with Crippen molar-refractivity contribution in [3.8, 4) is 0 Å². The molecule has 0 saturated carbocycles. The van der Waals surface area contributed by atoms with Gasteiger partial charge in [0.1, 0.15) is 6.42 Å². The smallest absolute Gasteiger partial charge is 0.233 e. The minimum atomic E-state index is -0.383. The summed E-state index contributed by atoms with van der Waals surface area (Å²) >= 11 is 0. The van der Waals surface area contributed by atoms with Crippen LogP contribution in [0.15, 0.2) is 18.2 Å². The number of anilines is 2. The molecule has 21 heavy (non-hydrogen) atoms. The molecule has 2 aliphatic rings. The third-order valence-corrected chi connectivity index (χ3v) is 4.18. The topological polar surface area (TPSA) is 93.5 Å². The molecule has 1 fully saturated rings. The molecule has 112 valence electrons. The molecule has 3 rings (SSSR count). The number of benzene rings is 1. The van der Waals surface area contributed by atoms with Gasteiger partial charge in [-0.2, -0.15) is 0 Å². The Labute approximate surface area is 123 Å². The molecule has 1 aromatic carbocycles. The van der Waals surface area contributed by atoms with Gasteiger partial charge in [-0.25, -0.2) is 0 Å². The first-order valence-electron chi connectivity index (χ1n) is 7.11. The van der Waals surface area contributed by atoms with Crippen molar-refractivity contribution in [3.63, 3.8) is 0 Å². The molecule has 4 N–H and O–H groups in total. The predicted molar refractivity (Wildman–Crippen MR) is 78.8 cm³/mol. The molecule has 0 aromatic heterocycles. The largest absolute Gasteiger partial charge is 0.373 e. The SMILES string of the molecule is CC1(C(N)c2ccc3c(c2)NC(=O)CC(=O)N3)CCCO1. The van der Waals surface area contributed by atoms with Gasteiger partial charge < -0.3 is 21.1 Å². The average Bonchev–Trinajstić information content (AvgIpc) is 2.81. The molecule has 2 heterocycles. The summed E-state index contributed by atoms with van der Waals surface area (Å²) in [7, 11) is 0. The molecule has 0 spiro atoms. The maximum absolute atomic E-state index is 11.6. The second-order valence-corrected chi connectivity index (χ2v) is 5.82. The first-order chi connectivity index (χ1) is 9.98. The van der Waals surface area contributed by atoms with Crippen LogP contribution in [-0.4, -0.2) is 24.0 Å². The number of nitrogens with one attached hydrogen (secondary N) is 2. The summed E-state index contributed by atoms with van der Waals surface area (Å²) in [6.07, 6.45) is 1.74. The van der Waals surface area contributed by atoms with Crippen molar-refractivity contribution in [1.29, 1.82) is 0 Å². The molecule has 0 bridgehead atoms. The van der Waals surface area contributed by atoms with Crippen LogP contribution < -0.4 is 16.4 Å². The maximum atomic E-state index is 11.6. The summed E-state index contributed by atoms with van der Waals surface area (Å²) in [5, 5.41) is 5.44. The highest BCUT2D eigenvalue weighted by Crippen LogP contribution is 2.37. The van der Waals surface area contributed by atoms with Crippen LogP contribution in [0.2, 0.25) is 0 Å². The Morgan fingerprint density at radius 3 is 2.62 bits per heavy atom. The summed E-state index contributed by atoms with van der Waals surface area (Å²) in [6.45, 7) is 2.73. The van der Waals surface area contributed by atoms with Crippen molar-refractivity contribution in [2.45, 2.75) is 37.8 Å². The number of carbonyl (C=O) groups is 2. The molecule has 2 amide bonds. The number of hydrogen-bond donors (Lipinski definition) is 3. The Balaban J connectivity index is 1.92. The zero-order chi connectivity index (χ0) is 15.0. The van der Waals surface area contributed by atoms with Gasteiger partial charge in [-0.3, -0.25) is 9.59 Å². The maximum Gasteiger partial charge on any atom is 0.233 e. The van der Waals surface area contributed by atoms with Crippen molar-refractivity contribution in [3.05, 3.63) is 23.8 Å². The predicted octanol–water partition coefficient (Wildman–Crippen LogP) is 1.54. The van der Waals surface area contributed by atoms with Crippen molar-refractivity contribution in [1.82, 2.24) is 0 Å². The molecule has 2 atom stereocenters. The van der Waals surface area contributed by atoms with E-state index in [9.17, 15) is 9.59 Å². The molecule has 6 heteroatoms. The Bertz CT molecular complexity index is 594. The summed E-state index contributed by atoms with van der Waals surface area (Å²) in [6, 6.07) is 5.18. The second-order valence-electron chi connectivity index (χ2n) is 5.82. The Morgan fingerprint density at radius 2 is 1.95 bits per heavy atom. The Morgan fingerprint density at radius 1 is 1.24 bits per heavy atom. The van der Waals surface area contributed by atoms with Gasteiger partial charge >= 0.3 is 0 Å². The van der Waals surface area contributed by atoms with Crippen LogP contribution in [0.1, 0.15) is 37.8 Å². The molecule has 2 aliphatic heterocycles. The van der Waals surface area contributed by atoms with Gasteiger partial charge in [0, 0.05) is 6.61 Å². The number of fused-ring (bicyclic) bond motifs is 1. The van der Waals surface area contributed by atoms with E-state index in [1.165, 1.54) is 0 Å². The zero-order valence-corrected chi connectivity index (χ0v) is 11.9. The number of rotatable bonds is 2. The lowest BCUT2D eigenvalue weighted by Gasteiger charge is -2.31. The Hall–Kier alpha value is -1.92. The van der Waals surface area contributed by atoms with Crippen molar-refractivity contribution in [2.24, 2.45) is 5.73 Å². The van der Waals surface area contributed by atoms with E-state index in [2.05, 4.69) is 10.6 Å². The van der Waals surface area contributed by atoms with E-state index in [0.29, 0.717) is 11.4 Å². The standard InChI is InChI=1S/C15H19N3O3/c1-15(5-2-6-21-15)14(16)9-3-4-10-11(7-9)18-13(20)8-12(19)17-10/h3-4,7,14H,2,5-6,8,16H2,1H3,(H,17,19)(H,18,20). The third kappa shape index (κ3) is 2.64. The van der Waals surface area contributed by atoms with E-state index < -0.39 is 0 Å². The van der Waals surface area contributed by atoms with E-state index in [-0.39, 0.29) is 29.9 Å². The lowest BCUT2D eigenvalue weighted by Crippen LogP contribution is -2.37. The average molecular weight is 289 g/mol. The first-order valence-corrected chi connectivity index (χ1v) is 7.11. The molecule has 2 unspecified atom stereocenters. The van der Waals surface area contributed by atoms with E-state index in [1.54, 1.807) is 6.07 Å². The van der Waals surface area contributed by atoms with Crippen LogP contribution in [0.4, 0.5) is 11.4 Å². The van der Waals surface area contributed by atoms with Gasteiger partial charge in [0.25, 0.3) is 0 Å². The lowest BCUT2D eigenvalue weighted by atomic mass is 9.88. The van der Waals surface area contributed by atoms with Gasteiger partial charge in [0.15, 0.2) is 0 Å². The van der Waals surface area contributed by atoms with Crippen LogP contribution in [0.3, 0.4) is 0 Å². The van der Waals surface area contributed by atoms with Crippen molar-refractivity contribution >= 4 is 23.2 Å². The number of ether oxygens (including phenoxy) is 1. The number of carbonyl (C=O) groups excluding carboxylic acids is 2. The normalized spacial score (nSPS) is 26.6. The minimum absolute atomic E-state index is 0.170. The van der Waals surface area contributed by atoms with E-state index >= 15 is 0 Å². The summed E-state index contributed by atoms with van der Waals surface area (Å²) in [5.74, 6) is -0.630. The minimum Gasteiger partial charge on any atom is -0.373 e. The summed E-state index contributed by atoms with van der Waals surface area (Å²) in [4.78, 5) is 23.1. The number of amides is 2. The first kappa shape index (κ1) is 14.0. The van der Waals surface area contributed by atoms with Gasteiger partial charge in [-0.15, -0.1) is 0 Å². The second kappa shape index (κ2) is 5.13. The molecule has 0 radical (unpaired) electrons. The van der Waals surface area contributed by atoms with Crippen LogP contribution in [0, 0.1) is 0 Å². The molecule has 6 nitrogen and oxygen atoms in total. The highest BCUT2D eigenvalue weighted by atomic mass is 16.5. The van der Waals surface area contributed by atoms with E-state index in [0.717, 1.165) is 25.0 Å². The van der Waals surface area contributed by atoms with Gasteiger partial charge in [0.2, 0.25) is 11.8 Å². The highest BCUT2D eigenvalue weighted by molar-refractivity contribution is 6.13. The lowest BCUT2D eigenvalue weighted by molar-refractivity contribution is -0.123. The molecule has 0 aliphatic carbocycles.